The number of phosphoric ester groups is 1. The lowest BCUT2D eigenvalue weighted by Gasteiger charge is -2.23. The number of rotatable bonds is 46. The molecule has 0 spiro atoms. The van der Waals surface area contributed by atoms with Crippen LogP contribution >= 0.6 is 7.82 Å². The van der Waals surface area contributed by atoms with E-state index >= 15 is 0 Å². The van der Waals surface area contributed by atoms with Gasteiger partial charge in [0.25, 0.3) is 0 Å². The molecule has 0 heterocycles. The number of nitrogens with two attached hydrogens (primary N) is 1. The molecule has 5 N–H and O–H groups in total. The number of aliphatic hydroxyl groups is 1. The summed E-state index contributed by atoms with van der Waals surface area (Å²) in [4.78, 5) is 22.8. The molecule has 0 aliphatic rings. The molecule has 9 heteroatoms. The van der Waals surface area contributed by atoms with Crippen molar-refractivity contribution in [3.8, 4) is 0 Å². The van der Waals surface area contributed by atoms with Gasteiger partial charge < -0.3 is 21.1 Å². The van der Waals surface area contributed by atoms with Crippen LogP contribution in [-0.2, 0) is 18.4 Å². The quantitative estimate of drug-likeness (QED) is 0.0273. The molecule has 0 aliphatic heterocycles. The first-order valence-electron chi connectivity index (χ1n) is 24.5. The van der Waals surface area contributed by atoms with E-state index < -0.39 is 20.0 Å². The van der Waals surface area contributed by atoms with Crippen molar-refractivity contribution in [1.29, 1.82) is 0 Å². The Morgan fingerprint density at radius 2 is 0.912 bits per heavy atom. The molecule has 0 bridgehead atoms. The summed E-state index contributed by atoms with van der Waals surface area (Å²) < 4.78 is 22.2. The second-order valence-electron chi connectivity index (χ2n) is 16.7. The minimum atomic E-state index is -4.34. The highest BCUT2D eigenvalue weighted by Gasteiger charge is 2.26. The van der Waals surface area contributed by atoms with Gasteiger partial charge in [-0.2, -0.15) is 0 Å². The molecule has 0 aromatic rings. The van der Waals surface area contributed by atoms with Gasteiger partial charge in [0, 0.05) is 13.0 Å². The monoisotopic (exact) mass is 827 g/mol. The minimum Gasteiger partial charge on any atom is -0.387 e. The summed E-state index contributed by atoms with van der Waals surface area (Å²) in [6, 6.07) is -0.858. The van der Waals surface area contributed by atoms with Crippen LogP contribution in [0.3, 0.4) is 0 Å². The number of unbranched alkanes of at least 4 members (excludes halogenated alkanes) is 32. The minimum absolute atomic E-state index is 0.0797. The van der Waals surface area contributed by atoms with Crippen LogP contribution < -0.4 is 11.1 Å². The molecule has 0 aliphatic carbocycles. The molecule has 3 atom stereocenters. The summed E-state index contributed by atoms with van der Waals surface area (Å²) in [5, 5.41) is 13.7. The van der Waals surface area contributed by atoms with Crippen molar-refractivity contribution in [2.24, 2.45) is 5.73 Å². The SMILES string of the molecule is CCCCCCCCCC/C=C\CCCCCCCCCCCCCC(=O)NC(COP(=O)(O)OCCN)C(O)/C=C/CCCCCCCCCCCCCCC. The average Bonchev–Trinajstić information content (AvgIpc) is 3.20. The highest BCUT2D eigenvalue weighted by atomic mass is 31.2. The van der Waals surface area contributed by atoms with Crippen LogP contribution in [-0.4, -0.2) is 47.8 Å². The third-order valence-corrected chi connectivity index (χ3v) is 12.0. The van der Waals surface area contributed by atoms with E-state index in [1.807, 2.05) is 6.08 Å². The molecule has 0 saturated carbocycles. The van der Waals surface area contributed by atoms with Crippen molar-refractivity contribution >= 4 is 13.7 Å². The van der Waals surface area contributed by atoms with Crippen LogP contribution in [0.2, 0.25) is 0 Å². The molecule has 1 amide bonds. The van der Waals surface area contributed by atoms with Gasteiger partial charge in [-0.1, -0.05) is 218 Å². The predicted molar refractivity (Wildman–Crippen MR) is 245 cm³/mol. The molecule has 57 heavy (non-hydrogen) atoms. The van der Waals surface area contributed by atoms with Crippen molar-refractivity contribution in [3.05, 3.63) is 24.3 Å². The maximum atomic E-state index is 12.8. The Labute approximate surface area is 353 Å². The number of carbonyl (C=O) groups excluding carboxylic acids is 1. The van der Waals surface area contributed by atoms with Crippen LogP contribution in [0.1, 0.15) is 245 Å². The van der Waals surface area contributed by atoms with Crippen molar-refractivity contribution in [3.63, 3.8) is 0 Å². The molecule has 8 nitrogen and oxygen atoms in total. The molecular weight excluding hydrogens is 732 g/mol. The average molecular weight is 827 g/mol. The number of allylic oxidation sites excluding steroid dienone is 3. The van der Waals surface area contributed by atoms with E-state index in [2.05, 4.69) is 31.3 Å². The second kappa shape index (κ2) is 44.5. The van der Waals surface area contributed by atoms with E-state index in [1.54, 1.807) is 6.08 Å². The lowest BCUT2D eigenvalue weighted by atomic mass is 10.0. The number of amides is 1. The molecule has 0 radical (unpaired) electrons. The Kier molecular flexibility index (Phi) is 43.7. The van der Waals surface area contributed by atoms with E-state index in [0.29, 0.717) is 6.42 Å². The van der Waals surface area contributed by atoms with Gasteiger partial charge in [0.2, 0.25) is 5.91 Å². The van der Waals surface area contributed by atoms with Gasteiger partial charge in [0.1, 0.15) is 0 Å². The van der Waals surface area contributed by atoms with E-state index in [-0.39, 0.29) is 25.7 Å². The molecule has 0 rings (SSSR count). The Balaban J connectivity index is 4.07. The summed E-state index contributed by atoms with van der Waals surface area (Å²) >= 11 is 0. The van der Waals surface area contributed by atoms with Crippen LogP contribution in [0.15, 0.2) is 24.3 Å². The van der Waals surface area contributed by atoms with Crippen LogP contribution in [0.25, 0.3) is 0 Å². The zero-order chi connectivity index (χ0) is 41.8. The number of nitrogens with one attached hydrogen (secondary N) is 1. The van der Waals surface area contributed by atoms with Gasteiger partial charge in [-0.25, -0.2) is 4.57 Å². The molecule has 338 valence electrons. The maximum absolute atomic E-state index is 12.8. The van der Waals surface area contributed by atoms with Gasteiger partial charge in [-0.3, -0.25) is 13.8 Å². The maximum Gasteiger partial charge on any atom is 0.472 e. The highest BCUT2D eigenvalue weighted by Crippen LogP contribution is 2.43. The molecular formula is C48H95N2O6P. The third-order valence-electron chi connectivity index (χ3n) is 11.0. The Bertz CT molecular complexity index is 948. The lowest BCUT2D eigenvalue weighted by Crippen LogP contribution is -2.45. The third kappa shape index (κ3) is 42.9. The van der Waals surface area contributed by atoms with Crippen LogP contribution in [0.5, 0.6) is 0 Å². The van der Waals surface area contributed by atoms with Crippen LogP contribution in [0.4, 0.5) is 0 Å². The number of aliphatic hydroxyl groups excluding tert-OH is 1. The summed E-state index contributed by atoms with van der Waals surface area (Å²) in [7, 11) is -4.34. The normalized spacial score (nSPS) is 14.1. The molecule has 0 aromatic heterocycles. The van der Waals surface area contributed by atoms with Crippen molar-refractivity contribution in [2.75, 3.05) is 19.8 Å². The fraction of sp³-hybridized carbons (Fsp3) is 0.896. The van der Waals surface area contributed by atoms with Crippen molar-refractivity contribution in [2.45, 2.75) is 257 Å². The van der Waals surface area contributed by atoms with Crippen LogP contribution in [0, 0.1) is 0 Å². The predicted octanol–water partition coefficient (Wildman–Crippen LogP) is 14.1. The smallest absolute Gasteiger partial charge is 0.387 e. The van der Waals surface area contributed by atoms with Gasteiger partial charge in [-0.05, 0) is 44.9 Å². The van der Waals surface area contributed by atoms with Gasteiger partial charge in [-0.15, -0.1) is 0 Å². The Morgan fingerprint density at radius 3 is 1.30 bits per heavy atom. The number of hydrogen-bond donors (Lipinski definition) is 4. The standard InChI is InChI=1S/C48H95N2O6P/c1-3-5-7-9-11-13-15-17-19-20-21-22-23-24-25-26-28-30-32-34-36-38-40-42-48(52)50-46(45-56-57(53,54)55-44-43-49)47(51)41-39-37-35-33-31-29-27-18-16-14-12-10-8-6-4-2/h20-21,39,41,46-47,51H,3-19,22-38,40,42-45,49H2,1-2H3,(H,50,52)(H,53,54)/b21-20-,41-39+. The Morgan fingerprint density at radius 1 is 0.561 bits per heavy atom. The number of phosphoric acid groups is 1. The molecule has 0 fully saturated rings. The number of hydrogen-bond acceptors (Lipinski definition) is 6. The summed E-state index contributed by atoms with van der Waals surface area (Å²) in [5.74, 6) is -0.192. The molecule has 0 saturated heterocycles. The first-order valence-corrected chi connectivity index (χ1v) is 26.0. The van der Waals surface area contributed by atoms with E-state index in [9.17, 15) is 19.4 Å². The zero-order valence-corrected chi connectivity index (χ0v) is 38.5. The zero-order valence-electron chi connectivity index (χ0n) is 37.6. The first kappa shape index (κ1) is 56.0. The fourth-order valence-electron chi connectivity index (χ4n) is 7.30. The first-order chi connectivity index (χ1) is 27.9. The van der Waals surface area contributed by atoms with E-state index in [0.717, 1.165) is 38.5 Å². The molecule has 0 aromatic carbocycles. The molecule has 3 unspecified atom stereocenters. The van der Waals surface area contributed by atoms with Crippen molar-refractivity contribution < 1.29 is 28.4 Å². The topological polar surface area (TPSA) is 131 Å². The van der Waals surface area contributed by atoms with Gasteiger partial charge in [0.15, 0.2) is 0 Å². The highest BCUT2D eigenvalue weighted by molar-refractivity contribution is 7.47. The summed E-state index contributed by atoms with van der Waals surface area (Å²) in [6.45, 7) is 4.16. The van der Waals surface area contributed by atoms with E-state index in [4.69, 9.17) is 14.8 Å². The van der Waals surface area contributed by atoms with Gasteiger partial charge >= 0.3 is 7.82 Å². The lowest BCUT2D eigenvalue weighted by molar-refractivity contribution is -0.123. The Hall–Kier alpha value is -1.02. The number of carbonyl (C=O) groups is 1. The summed E-state index contributed by atoms with van der Waals surface area (Å²) in [5.41, 5.74) is 5.38. The van der Waals surface area contributed by atoms with Gasteiger partial charge in [0.05, 0.1) is 25.4 Å². The second-order valence-corrected chi connectivity index (χ2v) is 18.1. The fourth-order valence-corrected chi connectivity index (χ4v) is 8.06. The van der Waals surface area contributed by atoms with E-state index in [1.165, 1.54) is 186 Å². The largest absolute Gasteiger partial charge is 0.472 e. The van der Waals surface area contributed by atoms with Crippen molar-refractivity contribution in [1.82, 2.24) is 5.32 Å². The summed E-state index contributed by atoms with van der Waals surface area (Å²) in [6.07, 6.45) is 52.3.